The molecule has 0 aliphatic carbocycles. The van der Waals surface area contributed by atoms with Crippen LogP contribution in [0.25, 0.3) is 0 Å². The highest BCUT2D eigenvalue weighted by Crippen LogP contribution is 2.36. The first-order valence-corrected chi connectivity index (χ1v) is 5.68. The molecule has 0 spiro atoms. The number of aliphatic hydroxyl groups is 1. The summed E-state index contributed by atoms with van der Waals surface area (Å²) in [5.41, 5.74) is 2.43. The van der Waals surface area contributed by atoms with Crippen molar-refractivity contribution in [2.24, 2.45) is 0 Å². The van der Waals surface area contributed by atoms with Crippen molar-refractivity contribution in [3.05, 3.63) is 17.2 Å². The highest BCUT2D eigenvalue weighted by atomic mass is 16.5. The number of rotatable bonds is 5. The minimum Gasteiger partial charge on any atom is -0.496 e. The summed E-state index contributed by atoms with van der Waals surface area (Å²) in [6, 6.07) is 1.72. The number of carbonyl (C=O) groups is 1. The van der Waals surface area contributed by atoms with Crippen molar-refractivity contribution in [1.82, 2.24) is 0 Å². The van der Waals surface area contributed by atoms with Gasteiger partial charge in [0, 0.05) is 6.07 Å². The van der Waals surface area contributed by atoms with E-state index in [9.17, 15) is 4.79 Å². The van der Waals surface area contributed by atoms with E-state index < -0.39 is 0 Å². The van der Waals surface area contributed by atoms with E-state index >= 15 is 0 Å². The Balaban J connectivity index is 3.16. The van der Waals surface area contributed by atoms with Crippen LogP contribution >= 0.6 is 0 Å². The molecular weight excluding hydrogens is 234 g/mol. The van der Waals surface area contributed by atoms with Crippen molar-refractivity contribution >= 4 is 11.6 Å². The standard InChI is InChI=1S/C13H19NO4/c1-8-9(2)13(18-4)10(7-11(8)17-3)14-12(16)5-6-15/h7,15H,5-6H2,1-4H3,(H,14,16). The predicted molar refractivity (Wildman–Crippen MR) is 69.4 cm³/mol. The fourth-order valence-electron chi connectivity index (χ4n) is 1.74. The van der Waals surface area contributed by atoms with Gasteiger partial charge in [0.25, 0.3) is 0 Å². The molecule has 0 heterocycles. The second-order valence-electron chi connectivity index (χ2n) is 3.93. The number of ether oxygens (including phenoxy) is 2. The Morgan fingerprint density at radius 1 is 1.28 bits per heavy atom. The first kappa shape index (κ1) is 14.3. The second-order valence-corrected chi connectivity index (χ2v) is 3.93. The number of hydrogen-bond donors (Lipinski definition) is 2. The zero-order valence-electron chi connectivity index (χ0n) is 11.2. The SMILES string of the molecule is COc1cc(NC(=O)CCO)c(OC)c(C)c1C. The van der Waals surface area contributed by atoms with Gasteiger partial charge in [-0.25, -0.2) is 0 Å². The Morgan fingerprint density at radius 3 is 2.44 bits per heavy atom. The number of anilines is 1. The average molecular weight is 253 g/mol. The molecule has 18 heavy (non-hydrogen) atoms. The van der Waals surface area contributed by atoms with Crippen LogP contribution in [0.4, 0.5) is 5.69 Å². The third-order valence-corrected chi connectivity index (χ3v) is 2.83. The van der Waals surface area contributed by atoms with Gasteiger partial charge in [0.05, 0.1) is 32.9 Å². The molecule has 0 radical (unpaired) electrons. The van der Waals surface area contributed by atoms with Gasteiger partial charge in [-0.05, 0) is 25.0 Å². The first-order valence-electron chi connectivity index (χ1n) is 5.68. The zero-order valence-corrected chi connectivity index (χ0v) is 11.2. The van der Waals surface area contributed by atoms with Gasteiger partial charge >= 0.3 is 0 Å². The molecule has 0 saturated heterocycles. The summed E-state index contributed by atoms with van der Waals surface area (Å²) in [4.78, 5) is 11.5. The number of carbonyl (C=O) groups excluding carboxylic acids is 1. The van der Waals surface area contributed by atoms with Crippen LogP contribution in [-0.2, 0) is 4.79 Å². The molecule has 2 N–H and O–H groups in total. The largest absolute Gasteiger partial charge is 0.496 e. The van der Waals surface area contributed by atoms with E-state index in [2.05, 4.69) is 5.32 Å². The maximum absolute atomic E-state index is 11.5. The first-order chi connectivity index (χ1) is 8.54. The Morgan fingerprint density at radius 2 is 1.94 bits per heavy atom. The number of methoxy groups -OCH3 is 2. The predicted octanol–water partition coefficient (Wildman–Crippen LogP) is 1.64. The molecule has 1 aromatic rings. The maximum atomic E-state index is 11.5. The quantitative estimate of drug-likeness (QED) is 0.837. The Kier molecular flexibility index (Phi) is 4.97. The van der Waals surface area contributed by atoms with Gasteiger partial charge in [-0.1, -0.05) is 0 Å². The molecule has 5 heteroatoms. The molecule has 5 nitrogen and oxygen atoms in total. The number of amides is 1. The minimum atomic E-state index is -0.263. The van der Waals surface area contributed by atoms with Crippen LogP contribution < -0.4 is 14.8 Å². The molecule has 0 atom stereocenters. The van der Waals surface area contributed by atoms with Gasteiger partial charge in [-0.3, -0.25) is 4.79 Å². The van der Waals surface area contributed by atoms with Crippen molar-refractivity contribution in [2.75, 3.05) is 26.1 Å². The summed E-state index contributed by atoms with van der Waals surface area (Å²) in [5.74, 6) is 1.04. The Labute approximate surface area is 107 Å². The molecule has 0 aromatic heterocycles. The third-order valence-electron chi connectivity index (χ3n) is 2.83. The molecule has 0 aliphatic rings. The van der Waals surface area contributed by atoms with E-state index in [1.165, 1.54) is 0 Å². The fraction of sp³-hybridized carbons (Fsp3) is 0.462. The second kappa shape index (κ2) is 6.26. The van der Waals surface area contributed by atoms with Gasteiger partial charge in [-0.15, -0.1) is 0 Å². The van der Waals surface area contributed by atoms with Gasteiger partial charge in [0.15, 0.2) is 0 Å². The lowest BCUT2D eigenvalue weighted by Crippen LogP contribution is -2.14. The normalized spacial score (nSPS) is 10.1. The monoisotopic (exact) mass is 253 g/mol. The van der Waals surface area contributed by atoms with E-state index in [1.807, 2.05) is 13.8 Å². The molecule has 0 bridgehead atoms. The lowest BCUT2D eigenvalue weighted by atomic mass is 10.1. The van der Waals surface area contributed by atoms with Gasteiger partial charge < -0.3 is 19.9 Å². The van der Waals surface area contributed by atoms with Gasteiger partial charge in [0.2, 0.25) is 5.91 Å². The van der Waals surface area contributed by atoms with E-state index in [1.54, 1.807) is 20.3 Å². The third kappa shape index (κ3) is 2.92. The Hall–Kier alpha value is -1.75. The fourth-order valence-corrected chi connectivity index (χ4v) is 1.74. The molecule has 1 amide bonds. The van der Waals surface area contributed by atoms with Crippen molar-refractivity contribution in [3.8, 4) is 11.5 Å². The van der Waals surface area contributed by atoms with Crippen LogP contribution in [0.5, 0.6) is 11.5 Å². The number of benzene rings is 1. The summed E-state index contributed by atoms with van der Waals surface area (Å²) >= 11 is 0. The molecule has 1 rings (SSSR count). The van der Waals surface area contributed by atoms with Crippen molar-refractivity contribution in [1.29, 1.82) is 0 Å². The average Bonchev–Trinajstić information content (AvgIpc) is 2.34. The smallest absolute Gasteiger partial charge is 0.226 e. The van der Waals surface area contributed by atoms with Crippen LogP contribution in [0.3, 0.4) is 0 Å². The van der Waals surface area contributed by atoms with Crippen molar-refractivity contribution < 1.29 is 19.4 Å². The Bertz CT molecular complexity index is 443. The molecule has 0 unspecified atom stereocenters. The molecule has 0 aliphatic heterocycles. The van der Waals surface area contributed by atoms with Gasteiger partial charge in [0.1, 0.15) is 11.5 Å². The molecule has 1 aromatic carbocycles. The number of nitrogens with one attached hydrogen (secondary N) is 1. The topological polar surface area (TPSA) is 67.8 Å². The maximum Gasteiger partial charge on any atom is 0.226 e. The summed E-state index contributed by atoms with van der Waals surface area (Å²) in [7, 11) is 3.13. The summed E-state index contributed by atoms with van der Waals surface area (Å²) in [6.45, 7) is 3.64. The lowest BCUT2D eigenvalue weighted by Gasteiger charge is -2.17. The van der Waals surface area contributed by atoms with E-state index in [-0.39, 0.29) is 18.9 Å². The molecule has 100 valence electrons. The minimum absolute atomic E-state index is 0.0540. The molecular formula is C13H19NO4. The summed E-state index contributed by atoms with van der Waals surface area (Å²) in [5, 5.41) is 11.4. The van der Waals surface area contributed by atoms with Crippen LogP contribution in [0.1, 0.15) is 17.5 Å². The highest BCUT2D eigenvalue weighted by Gasteiger charge is 2.15. The van der Waals surface area contributed by atoms with E-state index in [4.69, 9.17) is 14.6 Å². The van der Waals surface area contributed by atoms with Crippen molar-refractivity contribution in [2.45, 2.75) is 20.3 Å². The van der Waals surface area contributed by atoms with E-state index in [0.29, 0.717) is 17.2 Å². The van der Waals surface area contributed by atoms with Crippen molar-refractivity contribution in [3.63, 3.8) is 0 Å². The van der Waals surface area contributed by atoms with Crippen LogP contribution in [0.15, 0.2) is 6.07 Å². The highest BCUT2D eigenvalue weighted by molar-refractivity contribution is 5.93. The summed E-state index contributed by atoms with van der Waals surface area (Å²) < 4.78 is 10.6. The van der Waals surface area contributed by atoms with Crippen LogP contribution in [-0.4, -0.2) is 31.8 Å². The summed E-state index contributed by atoms with van der Waals surface area (Å²) in [6.07, 6.45) is 0.0540. The zero-order chi connectivity index (χ0) is 13.7. The molecule has 0 saturated carbocycles. The molecule has 0 fully saturated rings. The lowest BCUT2D eigenvalue weighted by molar-refractivity contribution is -0.116. The number of hydrogen-bond acceptors (Lipinski definition) is 4. The van der Waals surface area contributed by atoms with Crippen LogP contribution in [0, 0.1) is 13.8 Å². The number of aliphatic hydroxyl groups excluding tert-OH is 1. The van der Waals surface area contributed by atoms with E-state index in [0.717, 1.165) is 11.1 Å². The van der Waals surface area contributed by atoms with Crippen LogP contribution in [0.2, 0.25) is 0 Å². The van der Waals surface area contributed by atoms with Gasteiger partial charge in [-0.2, -0.15) is 0 Å².